The van der Waals surface area contributed by atoms with Crippen molar-refractivity contribution in [2.24, 2.45) is 0 Å². The third-order valence-electron chi connectivity index (χ3n) is 2.98. The monoisotopic (exact) mass is 310 g/mol. The number of thiophene rings is 1. The Balaban J connectivity index is 0.00000162. The van der Waals surface area contributed by atoms with E-state index in [9.17, 15) is 8.42 Å². The molecule has 0 bridgehead atoms. The second-order valence-electron chi connectivity index (χ2n) is 4.31. The summed E-state index contributed by atoms with van der Waals surface area (Å²) in [5, 5.41) is 5.18. The first kappa shape index (κ1) is 15.9. The van der Waals surface area contributed by atoms with E-state index in [4.69, 9.17) is 0 Å². The molecule has 104 valence electrons. The molecule has 1 saturated heterocycles. The summed E-state index contributed by atoms with van der Waals surface area (Å²) >= 11 is 1.62. The fraction of sp³-hybridized carbons (Fsp3) is 0.636. The normalized spacial score (nSPS) is 21.5. The van der Waals surface area contributed by atoms with Gasteiger partial charge < -0.3 is 5.32 Å². The summed E-state index contributed by atoms with van der Waals surface area (Å²) in [5.41, 5.74) is 0. The van der Waals surface area contributed by atoms with Crippen molar-refractivity contribution in [1.29, 1.82) is 0 Å². The van der Waals surface area contributed by atoms with Gasteiger partial charge in [-0.1, -0.05) is 6.07 Å². The summed E-state index contributed by atoms with van der Waals surface area (Å²) in [7, 11) is -3.11. The molecular formula is C11H19ClN2O2S2. The van der Waals surface area contributed by atoms with Crippen LogP contribution in [0.3, 0.4) is 0 Å². The van der Waals surface area contributed by atoms with E-state index >= 15 is 0 Å². The third-order valence-corrected chi connectivity index (χ3v) is 5.90. The number of piperazine rings is 1. The molecule has 1 N–H and O–H groups in total. The van der Waals surface area contributed by atoms with Crippen LogP contribution in [0.15, 0.2) is 17.5 Å². The van der Waals surface area contributed by atoms with Gasteiger partial charge in [-0.05, 0) is 24.8 Å². The smallest absolute Gasteiger partial charge is 0.214 e. The van der Waals surface area contributed by atoms with Gasteiger partial charge in [-0.3, -0.25) is 0 Å². The minimum absolute atomic E-state index is 0. The topological polar surface area (TPSA) is 49.4 Å². The molecule has 0 radical (unpaired) electrons. The van der Waals surface area contributed by atoms with Crippen LogP contribution in [-0.4, -0.2) is 44.2 Å². The maximum atomic E-state index is 12.2. The number of nitrogens with zero attached hydrogens (tertiary/aromatic N) is 1. The van der Waals surface area contributed by atoms with Gasteiger partial charge in [-0.25, -0.2) is 8.42 Å². The zero-order valence-electron chi connectivity index (χ0n) is 10.3. The fourth-order valence-electron chi connectivity index (χ4n) is 2.04. The molecule has 1 aromatic heterocycles. The Hall–Kier alpha value is -0.140. The Bertz CT molecular complexity index is 448. The summed E-state index contributed by atoms with van der Waals surface area (Å²) in [6.07, 6.45) is 0.622. The summed E-state index contributed by atoms with van der Waals surface area (Å²) < 4.78 is 26.0. The second-order valence-corrected chi connectivity index (χ2v) is 7.38. The molecule has 1 atom stereocenters. The van der Waals surface area contributed by atoms with E-state index in [0.29, 0.717) is 13.0 Å². The Morgan fingerprint density at radius 3 is 2.94 bits per heavy atom. The summed E-state index contributed by atoms with van der Waals surface area (Å²) in [4.78, 5) is 1.14. The predicted octanol–water partition coefficient (Wildman–Crippen LogP) is 1.34. The van der Waals surface area contributed by atoms with Crippen LogP contribution in [0.5, 0.6) is 0 Å². The van der Waals surface area contributed by atoms with Crippen molar-refractivity contribution in [3.8, 4) is 0 Å². The predicted molar refractivity (Wildman–Crippen MR) is 78.1 cm³/mol. The molecule has 7 heteroatoms. The van der Waals surface area contributed by atoms with Crippen LogP contribution in [0.1, 0.15) is 11.8 Å². The average molecular weight is 311 g/mol. The number of hydrogen-bond acceptors (Lipinski definition) is 4. The van der Waals surface area contributed by atoms with Crippen LogP contribution >= 0.6 is 23.7 Å². The zero-order valence-corrected chi connectivity index (χ0v) is 12.8. The lowest BCUT2D eigenvalue weighted by molar-refractivity contribution is 0.284. The van der Waals surface area contributed by atoms with E-state index < -0.39 is 10.0 Å². The average Bonchev–Trinajstić information content (AvgIpc) is 2.80. The van der Waals surface area contributed by atoms with Crippen LogP contribution in [-0.2, 0) is 16.4 Å². The van der Waals surface area contributed by atoms with Crippen LogP contribution < -0.4 is 5.32 Å². The van der Waals surface area contributed by atoms with Crippen molar-refractivity contribution in [1.82, 2.24) is 9.62 Å². The standard InChI is InChI=1S/C11H18N2O2S2.ClH/c1-10-9-12-5-6-13(10)17(14,15)8-4-11-3-2-7-16-11;/h2-3,7,10,12H,4-6,8-9H2,1H3;1H/t10-;/m1./s1. The first-order valence-electron chi connectivity index (χ1n) is 5.82. The van der Waals surface area contributed by atoms with Crippen LogP contribution in [0.2, 0.25) is 0 Å². The van der Waals surface area contributed by atoms with Gasteiger partial charge >= 0.3 is 0 Å². The fourth-order valence-corrected chi connectivity index (χ4v) is 4.58. The van der Waals surface area contributed by atoms with Gasteiger partial charge in [-0.15, -0.1) is 23.7 Å². The number of sulfonamides is 1. The summed E-state index contributed by atoms with van der Waals surface area (Å²) in [6.45, 7) is 4.05. The number of hydrogen-bond donors (Lipinski definition) is 1. The van der Waals surface area contributed by atoms with Gasteiger partial charge in [0.15, 0.2) is 0 Å². The summed E-state index contributed by atoms with van der Waals surface area (Å²) in [6, 6.07) is 4.01. The lowest BCUT2D eigenvalue weighted by Gasteiger charge is -2.32. The molecule has 0 unspecified atom stereocenters. The van der Waals surface area contributed by atoms with Crippen molar-refractivity contribution in [3.05, 3.63) is 22.4 Å². The molecular weight excluding hydrogens is 292 g/mol. The second kappa shape index (κ2) is 6.86. The third kappa shape index (κ3) is 3.93. The maximum absolute atomic E-state index is 12.2. The number of nitrogens with one attached hydrogen (secondary N) is 1. The molecule has 0 aliphatic carbocycles. The molecule has 2 heterocycles. The van der Waals surface area contributed by atoms with Crippen LogP contribution in [0.4, 0.5) is 0 Å². The molecule has 2 rings (SSSR count). The molecule has 18 heavy (non-hydrogen) atoms. The van der Waals surface area contributed by atoms with Crippen molar-refractivity contribution in [2.75, 3.05) is 25.4 Å². The number of aryl methyl sites for hydroxylation is 1. The van der Waals surface area contributed by atoms with Crippen molar-refractivity contribution < 1.29 is 8.42 Å². The largest absolute Gasteiger partial charge is 0.314 e. The number of rotatable bonds is 4. The maximum Gasteiger partial charge on any atom is 0.214 e. The van der Waals surface area contributed by atoms with E-state index in [1.54, 1.807) is 15.6 Å². The quantitative estimate of drug-likeness (QED) is 0.913. The lowest BCUT2D eigenvalue weighted by Crippen LogP contribution is -2.52. The molecule has 1 fully saturated rings. The molecule has 4 nitrogen and oxygen atoms in total. The van der Waals surface area contributed by atoms with Crippen LogP contribution in [0.25, 0.3) is 0 Å². The SMILES string of the molecule is C[C@@H]1CNCCN1S(=O)(=O)CCc1cccs1.Cl. The lowest BCUT2D eigenvalue weighted by atomic mass is 10.3. The Kier molecular flexibility index (Phi) is 6.07. The Morgan fingerprint density at radius 1 is 1.56 bits per heavy atom. The highest BCUT2D eigenvalue weighted by Crippen LogP contribution is 2.14. The minimum Gasteiger partial charge on any atom is -0.314 e. The van der Waals surface area contributed by atoms with Crippen molar-refractivity contribution in [3.63, 3.8) is 0 Å². The van der Waals surface area contributed by atoms with Gasteiger partial charge in [0, 0.05) is 30.6 Å². The van der Waals surface area contributed by atoms with Crippen molar-refractivity contribution >= 4 is 33.8 Å². The molecule has 1 aliphatic rings. The highest BCUT2D eigenvalue weighted by Gasteiger charge is 2.28. The van der Waals surface area contributed by atoms with Crippen LogP contribution in [0, 0.1) is 0 Å². The molecule has 0 saturated carbocycles. The molecule has 1 aromatic rings. The van der Waals surface area contributed by atoms with Gasteiger partial charge in [0.05, 0.1) is 5.75 Å². The highest BCUT2D eigenvalue weighted by molar-refractivity contribution is 7.89. The summed E-state index contributed by atoms with van der Waals surface area (Å²) in [5.74, 6) is 0.220. The zero-order chi connectivity index (χ0) is 12.3. The number of halogens is 1. The Morgan fingerprint density at radius 2 is 2.33 bits per heavy atom. The van der Waals surface area contributed by atoms with E-state index in [2.05, 4.69) is 5.32 Å². The van der Waals surface area contributed by atoms with Gasteiger partial charge in [-0.2, -0.15) is 4.31 Å². The van der Waals surface area contributed by atoms with Gasteiger partial charge in [0.25, 0.3) is 0 Å². The van der Waals surface area contributed by atoms with E-state index in [1.165, 1.54) is 0 Å². The van der Waals surface area contributed by atoms with Gasteiger partial charge in [0.2, 0.25) is 10.0 Å². The van der Waals surface area contributed by atoms with E-state index in [0.717, 1.165) is 18.0 Å². The highest BCUT2D eigenvalue weighted by atomic mass is 35.5. The molecule has 0 amide bonds. The van der Waals surface area contributed by atoms with Gasteiger partial charge in [0.1, 0.15) is 0 Å². The molecule has 1 aliphatic heterocycles. The van der Waals surface area contributed by atoms with E-state index in [1.807, 2.05) is 24.4 Å². The molecule has 0 spiro atoms. The van der Waals surface area contributed by atoms with Crippen molar-refractivity contribution in [2.45, 2.75) is 19.4 Å². The molecule has 0 aromatic carbocycles. The minimum atomic E-state index is -3.11. The first-order valence-corrected chi connectivity index (χ1v) is 8.31. The Labute approximate surface area is 119 Å². The first-order chi connectivity index (χ1) is 8.09. The van der Waals surface area contributed by atoms with E-state index in [-0.39, 0.29) is 24.2 Å².